The molecule has 0 fully saturated rings. The van der Waals surface area contributed by atoms with Crippen LogP contribution >= 0.6 is 23.2 Å². The van der Waals surface area contributed by atoms with Gasteiger partial charge in [0.15, 0.2) is 11.5 Å². The summed E-state index contributed by atoms with van der Waals surface area (Å²) in [4.78, 5) is 25.9. The van der Waals surface area contributed by atoms with E-state index in [2.05, 4.69) is 10.6 Å². The predicted molar refractivity (Wildman–Crippen MR) is 107 cm³/mol. The largest absolute Gasteiger partial charge is 0.486 e. The molecule has 3 rings (SSSR count). The topological polar surface area (TPSA) is 79.9 Å². The van der Waals surface area contributed by atoms with Crippen molar-refractivity contribution in [2.75, 3.05) is 32.1 Å². The first-order valence-corrected chi connectivity index (χ1v) is 9.28. The van der Waals surface area contributed by atoms with Crippen LogP contribution in [0, 0.1) is 0 Å². The van der Waals surface area contributed by atoms with Gasteiger partial charge in [-0.05, 0) is 42.9 Å². The number of hydrogen-bond donors (Lipinski definition) is 2. The van der Waals surface area contributed by atoms with Crippen LogP contribution in [0.15, 0.2) is 36.4 Å². The summed E-state index contributed by atoms with van der Waals surface area (Å²) < 4.78 is 10.9. The molecule has 28 heavy (non-hydrogen) atoms. The van der Waals surface area contributed by atoms with Crippen molar-refractivity contribution in [1.82, 2.24) is 10.2 Å². The minimum Gasteiger partial charge on any atom is -0.486 e. The molecule has 0 aromatic heterocycles. The van der Waals surface area contributed by atoms with Crippen LogP contribution in [0.1, 0.15) is 5.56 Å². The van der Waals surface area contributed by atoms with Gasteiger partial charge in [-0.15, -0.1) is 0 Å². The molecule has 0 atom stereocenters. The van der Waals surface area contributed by atoms with E-state index in [1.807, 2.05) is 0 Å². The van der Waals surface area contributed by atoms with Gasteiger partial charge in [0.1, 0.15) is 13.2 Å². The second kappa shape index (κ2) is 9.14. The molecule has 9 heteroatoms. The van der Waals surface area contributed by atoms with Crippen LogP contribution in [0.25, 0.3) is 0 Å². The highest BCUT2D eigenvalue weighted by Crippen LogP contribution is 2.32. The summed E-state index contributed by atoms with van der Waals surface area (Å²) in [6.45, 7) is 1.42. The molecule has 1 aliphatic rings. The fraction of sp³-hybridized carbons (Fsp3) is 0.263. The van der Waals surface area contributed by atoms with Crippen molar-refractivity contribution < 1.29 is 19.1 Å². The molecule has 7 nitrogen and oxygen atoms in total. The average Bonchev–Trinajstić information content (AvgIpc) is 2.60. The molecular weight excluding hydrogens is 405 g/mol. The third-order valence-corrected chi connectivity index (χ3v) is 4.28. The zero-order valence-electron chi connectivity index (χ0n) is 15.1. The number of nitrogens with zero attached hydrogens (tertiary/aromatic N) is 1. The first kappa shape index (κ1) is 20.3. The van der Waals surface area contributed by atoms with Crippen LogP contribution in [-0.4, -0.2) is 43.6 Å². The zero-order chi connectivity index (χ0) is 20.1. The molecule has 0 radical (unpaired) electrons. The van der Waals surface area contributed by atoms with E-state index in [1.165, 1.54) is 0 Å². The van der Waals surface area contributed by atoms with Gasteiger partial charge in [0, 0.05) is 28.3 Å². The molecule has 0 aliphatic carbocycles. The molecule has 2 aromatic carbocycles. The maximum atomic E-state index is 12.1. The first-order valence-electron chi connectivity index (χ1n) is 8.53. The molecule has 2 N–H and O–H groups in total. The number of anilines is 1. The van der Waals surface area contributed by atoms with Crippen LogP contribution < -0.4 is 20.1 Å². The summed E-state index contributed by atoms with van der Waals surface area (Å²) in [6.07, 6.45) is 0. The van der Waals surface area contributed by atoms with Crippen LogP contribution in [0.3, 0.4) is 0 Å². The molecule has 148 valence electrons. The van der Waals surface area contributed by atoms with E-state index in [0.717, 1.165) is 5.56 Å². The van der Waals surface area contributed by atoms with Crippen molar-refractivity contribution in [1.29, 1.82) is 0 Å². The Morgan fingerprint density at radius 2 is 1.71 bits per heavy atom. The number of likely N-dealkylation sites (N-methyl/N-ethyl adjacent to an activating group) is 1. The zero-order valence-corrected chi connectivity index (χ0v) is 16.6. The van der Waals surface area contributed by atoms with E-state index in [0.29, 0.717) is 47.0 Å². The second-order valence-corrected chi connectivity index (χ2v) is 7.18. The minimum absolute atomic E-state index is 0.0265. The number of fused-ring (bicyclic) bond motifs is 1. The van der Waals surface area contributed by atoms with Crippen molar-refractivity contribution >= 4 is 40.8 Å². The van der Waals surface area contributed by atoms with E-state index < -0.39 is 11.9 Å². The molecule has 0 bridgehead atoms. The van der Waals surface area contributed by atoms with Crippen molar-refractivity contribution in [3.05, 3.63) is 52.0 Å². The van der Waals surface area contributed by atoms with E-state index in [9.17, 15) is 9.59 Å². The molecule has 0 spiro atoms. The number of carbonyl (C=O) groups is 2. The Labute approximate surface area is 172 Å². The molecule has 3 amide bonds. The number of carbonyl (C=O) groups excluding carboxylic acids is 2. The monoisotopic (exact) mass is 423 g/mol. The van der Waals surface area contributed by atoms with Gasteiger partial charge in [-0.2, -0.15) is 0 Å². The number of imide groups is 1. The Morgan fingerprint density at radius 1 is 1.04 bits per heavy atom. The predicted octanol–water partition coefficient (Wildman–Crippen LogP) is 3.54. The molecule has 1 heterocycles. The normalized spacial score (nSPS) is 12.6. The highest BCUT2D eigenvalue weighted by Gasteiger charge is 2.15. The number of rotatable bonds is 5. The maximum Gasteiger partial charge on any atom is 0.325 e. The summed E-state index contributed by atoms with van der Waals surface area (Å²) in [5.74, 6) is 0.733. The van der Waals surface area contributed by atoms with Crippen molar-refractivity contribution in [3.63, 3.8) is 0 Å². The van der Waals surface area contributed by atoms with Crippen molar-refractivity contribution in [3.8, 4) is 11.5 Å². The molecule has 0 saturated carbocycles. The SMILES string of the molecule is CN(CC(=O)NC(=O)Nc1ccc2c(c1)OCCO2)Cc1cc(Cl)cc(Cl)c1. The van der Waals surface area contributed by atoms with Gasteiger partial charge in [-0.1, -0.05) is 23.2 Å². The van der Waals surface area contributed by atoms with Gasteiger partial charge in [-0.25, -0.2) is 4.79 Å². The second-order valence-electron chi connectivity index (χ2n) is 6.31. The van der Waals surface area contributed by atoms with Crippen molar-refractivity contribution in [2.45, 2.75) is 6.54 Å². The lowest BCUT2D eigenvalue weighted by atomic mass is 10.2. The minimum atomic E-state index is -0.624. The summed E-state index contributed by atoms with van der Waals surface area (Å²) in [7, 11) is 1.76. The van der Waals surface area contributed by atoms with E-state index in [1.54, 1.807) is 48.3 Å². The lowest BCUT2D eigenvalue weighted by Crippen LogP contribution is -2.40. The van der Waals surface area contributed by atoms with Crippen LogP contribution in [-0.2, 0) is 11.3 Å². The van der Waals surface area contributed by atoms with Gasteiger partial charge in [0.25, 0.3) is 0 Å². The Morgan fingerprint density at radius 3 is 2.43 bits per heavy atom. The molecule has 1 aliphatic heterocycles. The smallest absolute Gasteiger partial charge is 0.325 e. The number of amides is 3. The molecular formula is C19H19Cl2N3O4. The summed E-state index contributed by atoms with van der Waals surface area (Å²) in [5, 5.41) is 5.95. The third kappa shape index (κ3) is 5.76. The van der Waals surface area contributed by atoms with Crippen LogP contribution in [0.5, 0.6) is 11.5 Å². The maximum absolute atomic E-state index is 12.1. The van der Waals surface area contributed by atoms with Gasteiger partial charge < -0.3 is 14.8 Å². The molecule has 0 unspecified atom stereocenters. The first-order chi connectivity index (χ1) is 13.4. The van der Waals surface area contributed by atoms with E-state index >= 15 is 0 Å². The Bertz CT molecular complexity index is 871. The van der Waals surface area contributed by atoms with E-state index in [4.69, 9.17) is 32.7 Å². The van der Waals surface area contributed by atoms with Gasteiger partial charge in [0.05, 0.1) is 6.54 Å². The standard InChI is InChI=1S/C19H19Cl2N3O4/c1-24(10-12-6-13(20)8-14(21)7-12)11-18(25)23-19(26)22-15-2-3-16-17(9-15)28-5-4-27-16/h2-3,6-9H,4-5,10-11H2,1H3,(H2,22,23,25,26). The highest BCUT2D eigenvalue weighted by molar-refractivity contribution is 6.34. The highest BCUT2D eigenvalue weighted by atomic mass is 35.5. The summed E-state index contributed by atoms with van der Waals surface area (Å²) >= 11 is 12.0. The lowest BCUT2D eigenvalue weighted by molar-refractivity contribution is -0.120. The number of benzene rings is 2. The third-order valence-electron chi connectivity index (χ3n) is 3.84. The number of urea groups is 1. The fourth-order valence-electron chi connectivity index (χ4n) is 2.76. The molecule has 2 aromatic rings. The Balaban J connectivity index is 1.49. The van der Waals surface area contributed by atoms with Crippen LogP contribution in [0.2, 0.25) is 10.0 Å². The average molecular weight is 424 g/mol. The summed E-state index contributed by atoms with van der Waals surface area (Å²) in [6, 6.07) is 9.59. The number of nitrogens with one attached hydrogen (secondary N) is 2. The molecule has 0 saturated heterocycles. The van der Waals surface area contributed by atoms with Gasteiger partial charge in [0.2, 0.25) is 5.91 Å². The lowest BCUT2D eigenvalue weighted by Gasteiger charge is -2.19. The Hall–Kier alpha value is -2.48. The summed E-state index contributed by atoms with van der Waals surface area (Å²) in [5.41, 5.74) is 1.37. The van der Waals surface area contributed by atoms with Crippen LogP contribution in [0.4, 0.5) is 10.5 Å². The number of halogens is 2. The quantitative estimate of drug-likeness (QED) is 0.768. The van der Waals surface area contributed by atoms with Crippen molar-refractivity contribution in [2.24, 2.45) is 0 Å². The number of hydrogen-bond acceptors (Lipinski definition) is 5. The Kier molecular flexibility index (Phi) is 6.61. The number of ether oxygens (including phenoxy) is 2. The van der Waals surface area contributed by atoms with E-state index in [-0.39, 0.29) is 6.54 Å². The fourth-order valence-corrected chi connectivity index (χ4v) is 3.34. The van der Waals surface area contributed by atoms with Gasteiger partial charge in [-0.3, -0.25) is 15.0 Å². The van der Waals surface area contributed by atoms with Gasteiger partial charge >= 0.3 is 6.03 Å².